The van der Waals surface area contributed by atoms with Crippen molar-refractivity contribution in [3.63, 3.8) is 0 Å². The first-order valence-corrected chi connectivity index (χ1v) is 10.5. The van der Waals surface area contributed by atoms with Crippen LogP contribution in [-0.2, 0) is 4.79 Å². The molecular weight excluding hydrogens is 388 g/mol. The quantitative estimate of drug-likeness (QED) is 0.608. The van der Waals surface area contributed by atoms with Crippen molar-refractivity contribution >= 4 is 39.9 Å². The van der Waals surface area contributed by atoms with E-state index in [1.165, 1.54) is 0 Å². The molecule has 0 bridgehead atoms. The second-order valence-electron chi connectivity index (χ2n) is 7.57. The number of rotatable bonds is 7. The normalized spacial score (nSPS) is 18.0. The summed E-state index contributed by atoms with van der Waals surface area (Å²) in [7, 11) is 0. The second kappa shape index (κ2) is 8.78. The molecule has 29 heavy (non-hydrogen) atoms. The van der Waals surface area contributed by atoms with E-state index in [-0.39, 0.29) is 11.8 Å². The molecule has 0 spiro atoms. The number of carbonyl (C=O) groups excluding carboxylic acids is 1. The number of anilines is 2. The molecular formula is C21H25ClN6O. The Morgan fingerprint density at radius 3 is 3.14 bits per heavy atom. The first-order valence-electron chi connectivity index (χ1n) is 10.1. The number of fused-ring (bicyclic) bond motifs is 1. The smallest absolute Gasteiger partial charge is 0.160 e. The molecule has 0 amide bonds. The summed E-state index contributed by atoms with van der Waals surface area (Å²) in [6, 6.07) is 7.30. The van der Waals surface area contributed by atoms with Crippen molar-refractivity contribution in [2.75, 3.05) is 23.3 Å². The van der Waals surface area contributed by atoms with Gasteiger partial charge in [0.2, 0.25) is 0 Å². The molecule has 1 saturated heterocycles. The summed E-state index contributed by atoms with van der Waals surface area (Å²) in [6.07, 6.45) is 6.72. The molecule has 0 radical (unpaired) electrons. The standard InChI is InChI=1S/C21H25ClN6O/c1-2-18(26-16-7-3-6-15(22)10-16)19(29)9-14-5-4-8-28(12-14)21-17-11-25-27-20(17)23-13-24-21/h3,6-7,10-11,13-14,18,26H,2,4-5,8-9,12H2,1H3,(H,23,24,25,27)/t14-,18+/m0/s1. The van der Waals surface area contributed by atoms with Crippen LogP contribution in [0.1, 0.15) is 32.6 Å². The van der Waals surface area contributed by atoms with Gasteiger partial charge in [-0.2, -0.15) is 5.10 Å². The molecule has 152 valence electrons. The number of carbonyl (C=O) groups is 1. The molecule has 7 nitrogen and oxygen atoms in total. The summed E-state index contributed by atoms with van der Waals surface area (Å²) in [4.78, 5) is 23.9. The van der Waals surface area contributed by atoms with Crippen LogP contribution < -0.4 is 10.2 Å². The number of aromatic amines is 1. The Balaban J connectivity index is 1.41. The summed E-state index contributed by atoms with van der Waals surface area (Å²) < 4.78 is 0. The fourth-order valence-corrected chi connectivity index (χ4v) is 4.23. The van der Waals surface area contributed by atoms with Gasteiger partial charge in [0, 0.05) is 30.2 Å². The van der Waals surface area contributed by atoms with E-state index in [1.807, 2.05) is 31.2 Å². The van der Waals surface area contributed by atoms with Gasteiger partial charge in [-0.1, -0.05) is 24.6 Å². The zero-order chi connectivity index (χ0) is 20.2. The van der Waals surface area contributed by atoms with E-state index in [1.54, 1.807) is 12.5 Å². The average molecular weight is 413 g/mol. The van der Waals surface area contributed by atoms with Crippen LogP contribution in [0.5, 0.6) is 0 Å². The zero-order valence-corrected chi connectivity index (χ0v) is 17.2. The van der Waals surface area contributed by atoms with Crippen molar-refractivity contribution in [2.24, 2.45) is 5.92 Å². The lowest BCUT2D eigenvalue weighted by Gasteiger charge is -2.34. The molecule has 2 aromatic heterocycles. The Labute approximate surface area is 174 Å². The third-order valence-electron chi connectivity index (χ3n) is 5.50. The zero-order valence-electron chi connectivity index (χ0n) is 16.4. The minimum Gasteiger partial charge on any atom is -0.375 e. The molecule has 0 unspecified atom stereocenters. The number of benzene rings is 1. The topological polar surface area (TPSA) is 86.8 Å². The highest BCUT2D eigenvalue weighted by atomic mass is 35.5. The SMILES string of the molecule is CC[C@@H](Nc1cccc(Cl)c1)C(=O)C[C@@H]1CCCN(c2ncnc3[nH]ncc23)C1. The summed E-state index contributed by atoms with van der Waals surface area (Å²) in [5.41, 5.74) is 1.62. The lowest BCUT2D eigenvalue weighted by molar-refractivity contribution is -0.120. The van der Waals surface area contributed by atoms with Crippen LogP contribution in [0.4, 0.5) is 11.5 Å². The van der Waals surface area contributed by atoms with E-state index in [0.717, 1.165) is 54.9 Å². The molecule has 2 atom stereocenters. The minimum absolute atomic E-state index is 0.205. The van der Waals surface area contributed by atoms with E-state index in [4.69, 9.17) is 11.6 Å². The summed E-state index contributed by atoms with van der Waals surface area (Å²) >= 11 is 6.07. The van der Waals surface area contributed by atoms with E-state index in [0.29, 0.717) is 17.4 Å². The predicted octanol–water partition coefficient (Wildman–Crippen LogP) is 4.07. The first kappa shape index (κ1) is 19.6. The Hall–Kier alpha value is -2.67. The van der Waals surface area contributed by atoms with Gasteiger partial charge in [-0.3, -0.25) is 9.89 Å². The molecule has 1 aliphatic heterocycles. The molecule has 0 aliphatic carbocycles. The maximum absolute atomic E-state index is 13.0. The third kappa shape index (κ3) is 4.50. The Kier molecular flexibility index (Phi) is 5.94. The van der Waals surface area contributed by atoms with Crippen molar-refractivity contribution in [1.29, 1.82) is 0 Å². The third-order valence-corrected chi connectivity index (χ3v) is 5.73. The molecule has 3 heterocycles. The number of H-pyrrole nitrogens is 1. The van der Waals surface area contributed by atoms with E-state index < -0.39 is 0 Å². The molecule has 0 saturated carbocycles. The maximum Gasteiger partial charge on any atom is 0.160 e. The molecule has 1 fully saturated rings. The van der Waals surface area contributed by atoms with Gasteiger partial charge in [-0.15, -0.1) is 0 Å². The fraction of sp³-hybridized carbons (Fsp3) is 0.429. The van der Waals surface area contributed by atoms with Gasteiger partial charge in [0.15, 0.2) is 11.4 Å². The molecule has 1 aliphatic rings. The number of halogens is 1. The summed E-state index contributed by atoms with van der Waals surface area (Å²) in [5.74, 6) is 1.45. The number of ketones is 1. The van der Waals surface area contributed by atoms with E-state index in [9.17, 15) is 4.79 Å². The number of aromatic nitrogens is 4. The second-order valence-corrected chi connectivity index (χ2v) is 8.01. The van der Waals surface area contributed by atoms with Crippen molar-refractivity contribution in [3.8, 4) is 0 Å². The monoisotopic (exact) mass is 412 g/mol. The van der Waals surface area contributed by atoms with Gasteiger partial charge in [0.1, 0.15) is 12.1 Å². The molecule has 4 rings (SSSR count). The van der Waals surface area contributed by atoms with Crippen LogP contribution >= 0.6 is 11.6 Å². The lowest BCUT2D eigenvalue weighted by atomic mass is 9.90. The summed E-state index contributed by atoms with van der Waals surface area (Å²) in [5, 5.41) is 11.9. The Morgan fingerprint density at radius 1 is 1.41 bits per heavy atom. The van der Waals surface area contributed by atoms with Gasteiger partial charge < -0.3 is 10.2 Å². The number of hydrogen-bond donors (Lipinski definition) is 2. The molecule has 3 aromatic rings. The highest BCUT2D eigenvalue weighted by molar-refractivity contribution is 6.30. The number of nitrogens with zero attached hydrogens (tertiary/aromatic N) is 4. The van der Waals surface area contributed by atoms with E-state index in [2.05, 4.69) is 30.4 Å². The van der Waals surface area contributed by atoms with Crippen molar-refractivity contribution in [3.05, 3.63) is 41.8 Å². The average Bonchev–Trinajstić information content (AvgIpc) is 3.21. The van der Waals surface area contributed by atoms with Crippen molar-refractivity contribution < 1.29 is 4.79 Å². The molecule has 8 heteroatoms. The number of Topliss-reactive ketones (excluding diaryl/α,β-unsaturated/α-hetero) is 1. The van der Waals surface area contributed by atoms with Gasteiger partial charge in [-0.05, 0) is 43.4 Å². The number of hydrogen-bond acceptors (Lipinski definition) is 6. The van der Waals surface area contributed by atoms with Crippen LogP contribution in [0.15, 0.2) is 36.8 Å². The van der Waals surface area contributed by atoms with Crippen molar-refractivity contribution in [2.45, 2.75) is 38.6 Å². The van der Waals surface area contributed by atoms with E-state index >= 15 is 0 Å². The number of piperidine rings is 1. The molecule has 2 N–H and O–H groups in total. The highest BCUT2D eigenvalue weighted by Crippen LogP contribution is 2.28. The van der Waals surface area contributed by atoms with Crippen molar-refractivity contribution in [1.82, 2.24) is 20.2 Å². The maximum atomic E-state index is 13.0. The molecule has 1 aromatic carbocycles. The van der Waals surface area contributed by atoms with Gasteiger partial charge in [0.25, 0.3) is 0 Å². The van der Waals surface area contributed by atoms with Gasteiger partial charge in [-0.25, -0.2) is 9.97 Å². The van der Waals surface area contributed by atoms with Crippen LogP contribution in [0.2, 0.25) is 5.02 Å². The van der Waals surface area contributed by atoms with Gasteiger partial charge in [0.05, 0.1) is 17.6 Å². The first-order chi connectivity index (χ1) is 14.1. The Bertz CT molecular complexity index is 990. The summed E-state index contributed by atoms with van der Waals surface area (Å²) in [6.45, 7) is 3.78. The van der Waals surface area contributed by atoms with Gasteiger partial charge >= 0.3 is 0 Å². The van der Waals surface area contributed by atoms with Crippen LogP contribution in [0, 0.1) is 5.92 Å². The van der Waals surface area contributed by atoms with Crippen LogP contribution in [0.25, 0.3) is 11.0 Å². The Morgan fingerprint density at radius 2 is 2.31 bits per heavy atom. The largest absolute Gasteiger partial charge is 0.375 e. The fourth-order valence-electron chi connectivity index (χ4n) is 4.04. The number of nitrogens with one attached hydrogen (secondary N) is 2. The minimum atomic E-state index is -0.205. The highest BCUT2D eigenvalue weighted by Gasteiger charge is 2.27. The van der Waals surface area contributed by atoms with Crippen LogP contribution in [0.3, 0.4) is 0 Å². The predicted molar refractivity (Wildman–Crippen MR) is 115 cm³/mol. The van der Waals surface area contributed by atoms with Crippen LogP contribution in [-0.4, -0.2) is 45.1 Å². The lowest BCUT2D eigenvalue weighted by Crippen LogP contribution is -2.39.